The monoisotopic (exact) mass is 258 g/mol. The fourth-order valence-electron chi connectivity index (χ4n) is 1.16. The third kappa shape index (κ3) is 4.02. The Balaban J connectivity index is 2.70. The van der Waals surface area contributed by atoms with Crippen LogP contribution in [0.4, 0.5) is 4.39 Å². The average Bonchev–Trinajstić information content (AvgIpc) is 2.26. The van der Waals surface area contributed by atoms with E-state index in [4.69, 9.17) is 5.11 Å². The Hall–Kier alpha value is -1.07. The first kappa shape index (κ1) is 14.0. The van der Waals surface area contributed by atoms with Gasteiger partial charge in [-0.1, -0.05) is 13.0 Å². The van der Waals surface area contributed by atoms with Crippen LogP contribution >= 0.6 is 11.8 Å². The molecule has 0 aliphatic heterocycles. The van der Waals surface area contributed by atoms with Crippen LogP contribution in [0.1, 0.15) is 29.8 Å². The van der Waals surface area contributed by atoms with E-state index in [1.165, 1.54) is 23.9 Å². The number of aliphatic hydroxyl groups is 1. The predicted molar refractivity (Wildman–Crippen MR) is 65.8 cm³/mol. The maximum atomic E-state index is 13.5. The number of hydrogen-bond donors (Lipinski definition) is 2. The molecule has 17 heavy (non-hydrogen) atoms. The lowest BCUT2D eigenvalue weighted by Crippen LogP contribution is -2.15. The van der Waals surface area contributed by atoms with E-state index in [-0.39, 0.29) is 10.8 Å². The third-order valence-electron chi connectivity index (χ3n) is 2.48. The van der Waals surface area contributed by atoms with Gasteiger partial charge in [-0.25, -0.2) is 9.18 Å². The van der Waals surface area contributed by atoms with E-state index >= 15 is 0 Å². The highest BCUT2D eigenvalue weighted by Gasteiger charge is 2.12. The Morgan fingerprint density at radius 1 is 1.47 bits per heavy atom. The van der Waals surface area contributed by atoms with Crippen molar-refractivity contribution in [1.82, 2.24) is 0 Å². The van der Waals surface area contributed by atoms with Gasteiger partial charge in [0, 0.05) is 11.0 Å². The Morgan fingerprint density at radius 3 is 2.59 bits per heavy atom. The van der Waals surface area contributed by atoms with Crippen molar-refractivity contribution in [2.24, 2.45) is 0 Å². The number of thioether (sulfide) groups is 1. The molecule has 0 amide bonds. The molecule has 1 aromatic rings. The van der Waals surface area contributed by atoms with Crippen LogP contribution in [0.5, 0.6) is 0 Å². The molecule has 0 heterocycles. The van der Waals surface area contributed by atoms with Crippen molar-refractivity contribution >= 4 is 17.7 Å². The summed E-state index contributed by atoms with van der Waals surface area (Å²) < 4.78 is 13.5. The Bertz CT molecular complexity index is 407. The van der Waals surface area contributed by atoms with Crippen LogP contribution in [0.2, 0.25) is 0 Å². The van der Waals surface area contributed by atoms with Crippen molar-refractivity contribution < 1.29 is 19.4 Å². The molecule has 0 radical (unpaired) electrons. The second kappa shape index (κ2) is 6.02. The number of aliphatic hydroxyl groups excluding tert-OH is 1. The number of rotatable bonds is 5. The molecule has 2 unspecified atom stereocenters. The van der Waals surface area contributed by atoms with E-state index in [0.717, 1.165) is 6.07 Å². The molecule has 0 bridgehead atoms. The topological polar surface area (TPSA) is 57.5 Å². The van der Waals surface area contributed by atoms with Gasteiger partial charge >= 0.3 is 5.97 Å². The first-order chi connectivity index (χ1) is 7.91. The van der Waals surface area contributed by atoms with Gasteiger partial charge in [-0.05, 0) is 24.6 Å². The highest BCUT2D eigenvalue weighted by atomic mass is 32.2. The summed E-state index contributed by atoms with van der Waals surface area (Å²) in [7, 11) is 0. The molecule has 0 aliphatic rings. The summed E-state index contributed by atoms with van der Waals surface area (Å²) in [5.74, 6) is -1.24. The van der Waals surface area contributed by atoms with Crippen LogP contribution in [-0.4, -0.2) is 27.5 Å². The largest absolute Gasteiger partial charge is 0.478 e. The highest BCUT2D eigenvalue weighted by molar-refractivity contribution is 7.99. The predicted octanol–water partition coefficient (Wildman–Crippen LogP) is 2.53. The van der Waals surface area contributed by atoms with Gasteiger partial charge in [0.25, 0.3) is 0 Å². The zero-order valence-corrected chi connectivity index (χ0v) is 10.5. The van der Waals surface area contributed by atoms with Crippen molar-refractivity contribution in [3.8, 4) is 0 Å². The number of halogens is 1. The van der Waals surface area contributed by atoms with Crippen molar-refractivity contribution in [1.29, 1.82) is 0 Å². The molecule has 94 valence electrons. The van der Waals surface area contributed by atoms with Gasteiger partial charge in [0.05, 0.1) is 11.7 Å². The van der Waals surface area contributed by atoms with Crippen LogP contribution < -0.4 is 0 Å². The Kier molecular flexibility index (Phi) is 4.96. The van der Waals surface area contributed by atoms with E-state index in [1.807, 2.05) is 6.92 Å². The van der Waals surface area contributed by atoms with Crippen LogP contribution in [0.25, 0.3) is 0 Å². The van der Waals surface area contributed by atoms with Gasteiger partial charge < -0.3 is 10.2 Å². The molecule has 0 aliphatic carbocycles. The zero-order valence-electron chi connectivity index (χ0n) is 9.68. The molecule has 1 rings (SSSR count). The summed E-state index contributed by atoms with van der Waals surface area (Å²) in [6.07, 6.45) is -0.457. The number of carboxylic acid groups (broad SMARTS) is 1. The van der Waals surface area contributed by atoms with Crippen LogP contribution in [-0.2, 0) is 5.75 Å². The quantitative estimate of drug-likeness (QED) is 0.852. The second-order valence-electron chi connectivity index (χ2n) is 3.87. The van der Waals surface area contributed by atoms with Gasteiger partial charge in [0.15, 0.2) is 0 Å². The number of carbonyl (C=O) groups is 1. The fraction of sp³-hybridized carbons (Fsp3) is 0.417. The summed E-state index contributed by atoms with van der Waals surface area (Å²) in [4.78, 5) is 10.6. The normalized spacial score (nSPS) is 14.4. The smallest absolute Gasteiger partial charge is 0.335 e. The molecule has 5 heteroatoms. The molecule has 0 saturated carbocycles. The lowest BCUT2D eigenvalue weighted by Gasteiger charge is -2.14. The number of hydrogen-bond acceptors (Lipinski definition) is 3. The molecule has 3 nitrogen and oxygen atoms in total. The molecular weight excluding hydrogens is 243 g/mol. The Labute approximate surface area is 104 Å². The maximum Gasteiger partial charge on any atom is 0.335 e. The molecule has 0 saturated heterocycles. The summed E-state index contributed by atoms with van der Waals surface area (Å²) in [5, 5.41) is 18.0. The molecule has 0 fully saturated rings. The fourth-order valence-corrected chi connectivity index (χ4v) is 2.11. The minimum atomic E-state index is -1.14. The van der Waals surface area contributed by atoms with E-state index < -0.39 is 17.9 Å². The van der Waals surface area contributed by atoms with Gasteiger partial charge in [-0.15, -0.1) is 0 Å². The van der Waals surface area contributed by atoms with E-state index in [0.29, 0.717) is 11.3 Å². The van der Waals surface area contributed by atoms with E-state index in [2.05, 4.69) is 0 Å². The Morgan fingerprint density at radius 2 is 2.12 bits per heavy atom. The zero-order chi connectivity index (χ0) is 13.0. The van der Waals surface area contributed by atoms with Crippen molar-refractivity contribution in [3.63, 3.8) is 0 Å². The summed E-state index contributed by atoms with van der Waals surface area (Å²) in [6, 6.07) is 3.88. The molecule has 0 spiro atoms. The summed E-state index contributed by atoms with van der Waals surface area (Å²) >= 11 is 1.43. The first-order valence-corrected chi connectivity index (χ1v) is 6.28. The third-order valence-corrected chi connectivity index (χ3v) is 3.88. The van der Waals surface area contributed by atoms with Crippen molar-refractivity contribution in [3.05, 3.63) is 35.1 Å². The van der Waals surface area contributed by atoms with E-state index in [1.54, 1.807) is 6.92 Å². The molecular formula is C12H15FO3S. The standard InChI is InChI=1S/C12H15FO3S/c1-7(14)8(2)17-6-10-4-3-9(12(15)16)5-11(10)13/h3-5,7-8,14H,6H2,1-2H3,(H,15,16). The first-order valence-electron chi connectivity index (χ1n) is 5.23. The summed E-state index contributed by atoms with van der Waals surface area (Å²) in [6.45, 7) is 3.54. The average molecular weight is 258 g/mol. The second-order valence-corrected chi connectivity index (χ2v) is 5.23. The lowest BCUT2D eigenvalue weighted by atomic mass is 10.1. The molecule has 0 aromatic heterocycles. The van der Waals surface area contributed by atoms with Crippen molar-refractivity contribution in [2.45, 2.75) is 31.0 Å². The molecule has 2 N–H and O–H groups in total. The van der Waals surface area contributed by atoms with Gasteiger partial charge in [0.2, 0.25) is 0 Å². The number of aromatic carboxylic acids is 1. The summed E-state index contributed by atoms with van der Waals surface area (Å²) in [5.41, 5.74) is 0.396. The van der Waals surface area contributed by atoms with Crippen LogP contribution in [0.15, 0.2) is 18.2 Å². The van der Waals surface area contributed by atoms with Crippen molar-refractivity contribution in [2.75, 3.05) is 0 Å². The lowest BCUT2D eigenvalue weighted by molar-refractivity contribution is 0.0696. The van der Waals surface area contributed by atoms with Gasteiger partial charge in [-0.3, -0.25) is 0 Å². The molecule has 1 aromatic carbocycles. The van der Waals surface area contributed by atoms with Crippen LogP contribution in [0, 0.1) is 5.82 Å². The highest BCUT2D eigenvalue weighted by Crippen LogP contribution is 2.22. The van der Waals surface area contributed by atoms with Gasteiger partial charge in [0.1, 0.15) is 5.82 Å². The minimum absolute atomic E-state index is 0.00792. The molecule has 2 atom stereocenters. The minimum Gasteiger partial charge on any atom is -0.478 e. The number of benzene rings is 1. The SMILES string of the molecule is CC(O)C(C)SCc1ccc(C(=O)O)cc1F. The maximum absolute atomic E-state index is 13.5. The van der Waals surface area contributed by atoms with Crippen LogP contribution in [0.3, 0.4) is 0 Å². The van der Waals surface area contributed by atoms with E-state index in [9.17, 15) is 14.3 Å². The van der Waals surface area contributed by atoms with Gasteiger partial charge in [-0.2, -0.15) is 11.8 Å². The number of carboxylic acids is 1.